The summed E-state index contributed by atoms with van der Waals surface area (Å²) >= 11 is 0. The quantitative estimate of drug-likeness (QED) is 0.0373. The lowest BCUT2D eigenvalue weighted by Gasteiger charge is -2.22. The number of alkyl carbamates (subject to hydrolysis) is 1. The van der Waals surface area contributed by atoms with Crippen LogP contribution < -0.4 is 5.32 Å². The van der Waals surface area contributed by atoms with E-state index in [1.165, 1.54) is 122 Å². The van der Waals surface area contributed by atoms with Crippen LogP contribution in [-0.2, 0) is 23.8 Å². The Hall–Kier alpha value is -1.83. The van der Waals surface area contributed by atoms with Gasteiger partial charge in [-0.2, -0.15) is 0 Å². The molecule has 0 aliphatic carbocycles. The molecule has 0 heterocycles. The molecule has 1 atom stereocenters. The van der Waals surface area contributed by atoms with Crippen molar-refractivity contribution in [3.8, 4) is 0 Å². The van der Waals surface area contributed by atoms with Crippen LogP contribution in [-0.4, -0.2) is 68.4 Å². The normalized spacial score (nSPS) is 11.9. The van der Waals surface area contributed by atoms with Crippen LogP contribution in [0.1, 0.15) is 246 Å². The van der Waals surface area contributed by atoms with Gasteiger partial charge in [-0.3, -0.25) is 9.59 Å². The van der Waals surface area contributed by atoms with Crippen molar-refractivity contribution in [1.29, 1.82) is 0 Å². The molecule has 0 saturated heterocycles. The van der Waals surface area contributed by atoms with Crippen LogP contribution in [0.3, 0.4) is 0 Å². The van der Waals surface area contributed by atoms with Gasteiger partial charge in [0.1, 0.15) is 6.10 Å². The molecule has 0 saturated carbocycles. The molecule has 0 radical (unpaired) electrons. The van der Waals surface area contributed by atoms with Crippen molar-refractivity contribution in [3.63, 3.8) is 0 Å². The van der Waals surface area contributed by atoms with E-state index in [-0.39, 0.29) is 24.1 Å². The second kappa shape index (κ2) is 44.3. The van der Waals surface area contributed by atoms with Crippen LogP contribution in [0.5, 0.6) is 0 Å². The largest absolute Gasteiger partial charge is 0.466 e. The molecule has 1 amide bonds. The fourth-order valence-electron chi connectivity index (χ4n) is 7.41. The topological polar surface area (TPSA) is 94.2 Å². The predicted molar refractivity (Wildman–Crippen MR) is 236 cm³/mol. The summed E-state index contributed by atoms with van der Waals surface area (Å²) in [5.41, 5.74) is 0. The van der Waals surface area contributed by atoms with Crippen LogP contribution in [0.25, 0.3) is 0 Å². The fourth-order valence-corrected chi connectivity index (χ4v) is 7.41. The smallest absolute Gasteiger partial charge is 0.407 e. The number of amides is 1. The zero-order chi connectivity index (χ0) is 41.0. The number of hydrogen-bond acceptors (Lipinski definition) is 7. The lowest BCUT2D eigenvalue weighted by molar-refractivity contribution is -0.150. The Morgan fingerprint density at radius 3 is 1.36 bits per heavy atom. The summed E-state index contributed by atoms with van der Waals surface area (Å²) < 4.78 is 16.5. The first kappa shape index (κ1) is 54.2. The molecule has 0 aliphatic heterocycles. The van der Waals surface area contributed by atoms with Gasteiger partial charge in [-0.25, -0.2) is 4.79 Å². The first-order valence-electron chi connectivity index (χ1n) is 24.4. The van der Waals surface area contributed by atoms with Gasteiger partial charge in [0.15, 0.2) is 0 Å². The minimum Gasteiger partial charge on any atom is -0.466 e. The van der Waals surface area contributed by atoms with E-state index >= 15 is 0 Å². The summed E-state index contributed by atoms with van der Waals surface area (Å²) in [5.74, 6) is -0.0300. The number of ether oxygens (including phenoxy) is 3. The molecule has 56 heavy (non-hydrogen) atoms. The van der Waals surface area contributed by atoms with Crippen LogP contribution in [0.15, 0.2) is 0 Å². The molecule has 8 heteroatoms. The van der Waals surface area contributed by atoms with Crippen molar-refractivity contribution < 1.29 is 28.6 Å². The van der Waals surface area contributed by atoms with Crippen molar-refractivity contribution in [2.45, 2.75) is 252 Å². The Kier molecular flexibility index (Phi) is 42.8. The Labute approximate surface area is 347 Å². The Morgan fingerprint density at radius 1 is 0.446 bits per heavy atom. The van der Waals surface area contributed by atoms with Crippen LogP contribution >= 0.6 is 0 Å². The first-order chi connectivity index (χ1) is 27.5. The zero-order valence-corrected chi connectivity index (χ0v) is 37.8. The molecule has 332 valence electrons. The number of carbonyl (C=O) groups excluding carboxylic acids is 3. The Balaban J connectivity index is 4.37. The number of unbranched alkanes of at least 4 members (excludes halogenated alkanes) is 24. The van der Waals surface area contributed by atoms with Gasteiger partial charge in [0.05, 0.1) is 13.2 Å². The van der Waals surface area contributed by atoms with Crippen molar-refractivity contribution in [3.05, 3.63) is 0 Å². The number of nitrogens with one attached hydrogen (secondary N) is 1. The maximum atomic E-state index is 12.8. The maximum Gasteiger partial charge on any atom is 0.407 e. The van der Waals surface area contributed by atoms with Gasteiger partial charge >= 0.3 is 18.0 Å². The number of hydrogen-bond donors (Lipinski definition) is 1. The van der Waals surface area contributed by atoms with E-state index in [9.17, 15) is 14.4 Å². The standard InChI is InChI=1S/C48H94N2O6/c1-5-9-12-15-18-22-29-37-45(36-28-21-16-13-10-6-2)56-47(52)39-31-24-20-26-33-42-50(43-35-40-49-48(53)54-8-4)41-32-25-19-23-30-38-46(51)55-44-34-27-17-14-11-7-3/h45H,5-44H2,1-4H3,(H,49,53). The average Bonchev–Trinajstić information content (AvgIpc) is 3.18. The molecule has 0 aromatic rings. The maximum absolute atomic E-state index is 12.8. The van der Waals surface area contributed by atoms with Crippen LogP contribution in [0.4, 0.5) is 4.79 Å². The van der Waals surface area contributed by atoms with Gasteiger partial charge < -0.3 is 24.4 Å². The SMILES string of the molecule is CCCCCCCCCC(CCCCCCCC)OC(=O)CCCCCCCN(CCCCCCCC(=O)OCCCCCCCC)CCCNC(=O)OCC. The minimum atomic E-state index is -0.337. The highest BCUT2D eigenvalue weighted by Crippen LogP contribution is 2.19. The molecule has 0 fully saturated rings. The third-order valence-electron chi connectivity index (χ3n) is 11.0. The summed E-state index contributed by atoms with van der Waals surface area (Å²) in [4.78, 5) is 39.1. The molecular weight excluding hydrogens is 701 g/mol. The Bertz CT molecular complexity index is 856. The van der Waals surface area contributed by atoms with E-state index in [1.807, 2.05) is 6.92 Å². The molecule has 0 rings (SSSR count). The van der Waals surface area contributed by atoms with E-state index in [2.05, 4.69) is 31.0 Å². The van der Waals surface area contributed by atoms with Gasteiger partial charge in [0.2, 0.25) is 0 Å². The molecular formula is C48H94N2O6. The predicted octanol–water partition coefficient (Wildman–Crippen LogP) is 13.8. The third kappa shape index (κ3) is 40.4. The van der Waals surface area contributed by atoms with Gasteiger partial charge in [0.25, 0.3) is 0 Å². The van der Waals surface area contributed by atoms with Crippen molar-refractivity contribution in [2.75, 3.05) is 39.4 Å². The second-order valence-corrected chi connectivity index (χ2v) is 16.4. The molecule has 1 unspecified atom stereocenters. The average molecular weight is 795 g/mol. The molecule has 0 aliphatic rings. The van der Waals surface area contributed by atoms with E-state index in [1.54, 1.807) is 0 Å². The second-order valence-electron chi connectivity index (χ2n) is 16.4. The first-order valence-corrected chi connectivity index (χ1v) is 24.4. The number of esters is 2. The van der Waals surface area contributed by atoms with Crippen molar-refractivity contribution >= 4 is 18.0 Å². The van der Waals surface area contributed by atoms with Gasteiger partial charge in [-0.15, -0.1) is 0 Å². The summed E-state index contributed by atoms with van der Waals surface area (Å²) in [7, 11) is 0. The Morgan fingerprint density at radius 2 is 0.857 bits per heavy atom. The fraction of sp³-hybridized carbons (Fsp3) is 0.938. The van der Waals surface area contributed by atoms with Crippen molar-refractivity contribution in [1.82, 2.24) is 10.2 Å². The summed E-state index contributed by atoms with van der Waals surface area (Å²) in [6.45, 7) is 13.2. The number of carbonyl (C=O) groups is 3. The molecule has 0 spiro atoms. The molecule has 0 aromatic carbocycles. The van der Waals surface area contributed by atoms with E-state index in [0.717, 1.165) is 103 Å². The third-order valence-corrected chi connectivity index (χ3v) is 11.0. The van der Waals surface area contributed by atoms with Crippen LogP contribution in [0, 0.1) is 0 Å². The minimum absolute atomic E-state index is 0.00922. The summed E-state index contributed by atoms with van der Waals surface area (Å²) in [5, 5.41) is 2.85. The molecule has 1 N–H and O–H groups in total. The molecule has 0 bridgehead atoms. The van der Waals surface area contributed by atoms with Gasteiger partial charge in [0, 0.05) is 19.4 Å². The number of rotatable bonds is 44. The zero-order valence-electron chi connectivity index (χ0n) is 37.8. The summed E-state index contributed by atoms with van der Waals surface area (Å²) in [6, 6.07) is 0. The molecule has 0 aromatic heterocycles. The molecule has 8 nitrogen and oxygen atoms in total. The lowest BCUT2D eigenvalue weighted by Crippen LogP contribution is -2.31. The van der Waals surface area contributed by atoms with Crippen LogP contribution in [0.2, 0.25) is 0 Å². The highest BCUT2D eigenvalue weighted by molar-refractivity contribution is 5.69. The van der Waals surface area contributed by atoms with Gasteiger partial charge in [-0.1, -0.05) is 162 Å². The highest BCUT2D eigenvalue weighted by Gasteiger charge is 2.14. The van der Waals surface area contributed by atoms with E-state index in [0.29, 0.717) is 32.6 Å². The van der Waals surface area contributed by atoms with E-state index in [4.69, 9.17) is 14.2 Å². The highest BCUT2D eigenvalue weighted by atomic mass is 16.6. The summed E-state index contributed by atoms with van der Waals surface area (Å²) in [6.07, 6.45) is 38.6. The lowest BCUT2D eigenvalue weighted by atomic mass is 10.0. The van der Waals surface area contributed by atoms with Gasteiger partial charge in [-0.05, 0) is 90.8 Å². The van der Waals surface area contributed by atoms with Crippen molar-refractivity contribution in [2.24, 2.45) is 0 Å². The van der Waals surface area contributed by atoms with E-state index < -0.39 is 0 Å². The number of nitrogens with zero attached hydrogens (tertiary/aromatic N) is 1. The monoisotopic (exact) mass is 795 g/mol.